The SMILES string of the molecule is CC(C)(C)c1ccc(C=CC(=O)N2CCC3(CC2)CC(c2ccccc2)=NO3)cn1. The molecule has 1 spiro atoms. The third kappa shape index (κ3) is 4.45. The third-order valence-electron chi connectivity index (χ3n) is 5.91. The number of amides is 1. The summed E-state index contributed by atoms with van der Waals surface area (Å²) in [5, 5.41) is 4.35. The molecule has 2 aromatic rings. The average molecular weight is 404 g/mol. The quantitative estimate of drug-likeness (QED) is 0.705. The van der Waals surface area contributed by atoms with E-state index >= 15 is 0 Å². The van der Waals surface area contributed by atoms with E-state index in [2.05, 4.69) is 43.0 Å². The van der Waals surface area contributed by atoms with Crippen LogP contribution in [-0.4, -0.2) is 40.2 Å². The predicted molar refractivity (Wildman–Crippen MR) is 119 cm³/mol. The van der Waals surface area contributed by atoms with Crippen molar-refractivity contribution in [2.75, 3.05) is 13.1 Å². The van der Waals surface area contributed by atoms with Crippen molar-refractivity contribution in [1.82, 2.24) is 9.88 Å². The van der Waals surface area contributed by atoms with Crippen LogP contribution < -0.4 is 0 Å². The number of nitrogens with zero attached hydrogens (tertiary/aromatic N) is 3. The Morgan fingerprint density at radius 1 is 1.10 bits per heavy atom. The van der Waals surface area contributed by atoms with Crippen LogP contribution in [0.1, 0.15) is 56.9 Å². The van der Waals surface area contributed by atoms with Crippen LogP contribution in [0.2, 0.25) is 0 Å². The summed E-state index contributed by atoms with van der Waals surface area (Å²) in [6, 6.07) is 14.2. The van der Waals surface area contributed by atoms with Gasteiger partial charge in [0.05, 0.1) is 5.71 Å². The number of aromatic nitrogens is 1. The molecule has 0 unspecified atom stereocenters. The summed E-state index contributed by atoms with van der Waals surface area (Å²) in [6.07, 6.45) is 7.72. The molecule has 1 fully saturated rings. The summed E-state index contributed by atoms with van der Waals surface area (Å²) in [6.45, 7) is 7.78. The molecule has 0 aliphatic carbocycles. The molecule has 5 nitrogen and oxygen atoms in total. The summed E-state index contributed by atoms with van der Waals surface area (Å²) in [7, 11) is 0. The highest BCUT2D eigenvalue weighted by molar-refractivity contribution is 6.01. The zero-order valence-corrected chi connectivity index (χ0v) is 18.0. The zero-order valence-electron chi connectivity index (χ0n) is 18.0. The van der Waals surface area contributed by atoms with Gasteiger partial charge in [0.25, 0.3) is 0 Å². The van der Waals surface area contributed by atoms with Gasteiger partial charge in [0.2, 0.25) is 5.91 Å². The first-order chi connectivity index (χ1) is 14.3. The number of benzene rings is 1. The Morgan fingerprint density at radius 3 is 2.47 bits per heavy atom. The molecular formula is C25H29N3O2. The normalized spacial score (nSPS) is 18.5. The number of pyridine rings is 1. The van der Waals surface area contributed by atoms with E-state index in [4.69, 9.17) is 4.84 Å². The molecule has 0 bridgehead atoms. The van der Waals surface area contributed by atoms with Crippen molar-refractivity contribution in [3.8, 4) is 0 Å². The largest absolute Gasteiger partial charge is 0.388 e. The number of piperidine rings is 1. The van der Waals surface area contributed by atoms with Crippen LogP contribution >= 0.6 is 0 Å². The molecule has 0 saturated carbocycles. The summed E-state index contributed by atoms with van der Waals surface area (Å²) in [5.74, 6) is 0.0342. The molecule has 5 heteroatoms. The van der Waals surface area contributed by atoms with E-state index in [0.29, 0.717) is 13.1 Å². The van der Waals surface area contributed by atoms with Crippen LogP contribution in [0.4, 0.5) is 0 Å². The van der Waals surface area contributed by atoms with Gasteiger partial charge in [-0.25, -0.2) is 0 Å². The van der Waals surface area contributed by atoms with E-state index in [1.54, 1.807) is 6.08 Å². The molecule has 0 radical (unpaired) electrons. The van der Waals surface area contributed by atoms with Crippen LogP contribution in [0, 0.1) is 0 Å². The minimum Gasteiger partial charge on any atom is -0.388 e. The lowest BCUT2D eigenvalue weighted by atomic mass is 9.85. The molecule has 156 valence electrons. The molecule has 1 aromatic heterocycles. The van der Waals surface area contributed by atoms with E-state index in [1.807, 2.05) is 47.5 Å². The Morgan fingerprint density at radius 2 is 1.83 bits per heavy atom. The van der Waals surface area contributed by atoms with Crippen molar-refractivity contribution >= 4 is 17.7 Å². The van der Waals surface area contributed by atoms with Gasteiger partial charge in [0.15, 0.2) is 0 Å². The molecule has 4 rings (SSSR count). The molecule has 1 amide bonds. The number of hydrogen-bond donors (Lipinski definition) is 0. The first-order valence-corrected chi connectivity index (χ1v) is 10.6. The van der Waals surface area contributed by atoms with Gasteiger partial charge in [-0.2, -0.15) is 0 Å². The number of carbonyl (C=O) groups is 1. The maximum absolute atomic E-state index is 12.6. The second-order valence-electron chi connectivity index (χ2n) is 9.24. The minimum absolute atomic E-state index is 0.0220. The first-order valence-electron chi connectivity index (χ1n) is 10.6. The maximum Gasteiger partial charge on any atom is 0.246 e. The molecule has 2 aliphatic rings. The van der Waals surface area contributed by atoms with Crippen molar-refractivity contribution in [3.05, 3.63) is 71.6 Å². The van der Waals surface area contributed by atoms with Crippen LogP contribution in [0.5, 0.6) is 0 Å². The number of rotatable bonds is 3. The van der Waals surface area contributed by atoms with Gasteiger partial charge in [-0.3, -0.25) is 9.78 Å². The van der Waals surface area contributed by atoms with Crippen LogP contribution in [0.3, 0.4) is 0 Å². The molecular weight excluding hydrogens is 374 g/mol. The van der Waals surface area contributed by atoms with Gasteiger partial charge in [0, 0.05) is 55.7 Å². The number of carbonyl (C=O) groups excluding carboxylic acids is 1. The third-order valence-corrected chi connectivity index (χ3v) is 5.91. The highest BCUT2D eigenvalue weighted by atomic mass is 16.7. The second-order valence-corrected chi connectivity index (χ2v) is 9.24. The average Bonchev–Trinajstić information content (AvgIpc) is 3.16. The number of oxime groups is 1. The van der Waals surface area contributed by atoms with E-state index in [-0.39, 0.29) is 16.9 Å². The molecule has 0 N–H and O–H groups in total. The van der Waals surface area contributed by atoms with Gasteiger partial charge in [-0.15, -0.1) is 0 Å². The summed E-state index contributed by atoms with van der Waals surface area (Å²) in [5.41, 5.74) is 3.85. The second kappa shape index (κ2) is 8.05. The van der Waals surface area contributed by atoms with Gasteiger partial charge in [0.1, 0.15) is 5.60 Å². The molecule has 1 saturated heterocycles. The summed E-state index contributed by atoms with van der Waals surface area (Å²) >= 11 is 0. The van der Waals surface area contributed by atoms with Crippen LogP contribution in [0.15, 0.2) is 59.9 Å². The Labute approximate surface area is 178 Å². The molecule has 30 heavy (non-hydrogen) atoms. The number of hydrogen-bond acceptors (Lipinski definition) is 4. The van der Waals surface area contributed by atoms with Gasteiger partial charge < -0.3 is 9.74 Å². The zero-order chi connectivity index (χ0) is 21.2. The molecule has 0 atom stereocenters. The summed E-state index contributed by atoms with van der Waals surface area (Å²) < 4.78 is 0. The van der Waals surface area contributed by atoms with E-state index in [0.717, 1.165) is 41.8 Å². The highest BCUT2D eigenvalue weighted by Gasteiger charge is 2.42. The predicted octanol–water partition coefficient (Wildman–Crippen LogP) is 4.58. The van der Waals surface area contributed by atoms with Crippen LogP contribution in [-0.2, 0) is 15.0 Å². The Bertz CT molecular complexity index is 948. The highest BCUT2D eigenvalue weighted by Crippen LogP contribution is 2.36. The smallest absolute Gasteiger partial charge is 0.246 e. The van der Waals surface area contributed by atoms with Crippen molar-refractivity contribution < 1.29 is 9.63 Å². The van der Waals surface area contributed by atoms with Crippen molar-refractivity contribution in [3.63, 3.8) is 0 Å². The Kier molecular flexibility index (Phi) is 5.46. The van der Waals surface area contributed by atoms with Gasteiger partial charge in [-0.1, -0.05) is 62.3 Å². The van der Waals surface area contributed by atoms with E-state index in [9.17, 15) is 4.79 Å². The van der Waals surface area contributed by atoms with Crippen LogP contribution in [0.25, 0.3) is 6.08 Å². The van der Waals surface area contributed by atoms with E-state index in [1.165, 1.54) is 0 Å². The minimum atomic E-state index is -0.266. The van der Waals surface area contributed by atoms with E-state index < -0.39 is 0 Å². The fourth-order valence-corrected chi connectivity index (χ4v) is 3.93. The van der Waals surface area contributed by atoms with Crippen molar-refractivity contribution in [2.45, 2.75) is 51.0 Å². The molecule has 3 heterocycles. The number of likely N-dealkylation sites (tertiary alicyclic amines) is 1. The summed E-state index contributed by atoms with van der Waals surface area (Å²) in [4.78, 5) is 24.9. The fraction of sp³-hybridized carbons (Fsp3) is 0.400. The monoisotopic (exact) mass is 403 g/mol. The Balaban J connectivity index is 1.31. The van der Waals surface area contributed by atoms with Crippen molar-refractivity contribution in [1.29, 1.82) is 0 Å². The van der Waals surface area contributed by atoms with Gasteiger partial charge in [-0.05, 0) is 23.3 Å². The maximum atomic E-state index is 12.6. The Hall–Kier alpha value is -2.95. The first kappa shape index (κ1) is 20.3. The molecule has 2 aliphatic heterocycles. The standard InChI is InChI=1S/C25H29N3O2/c1-24(2,3)22-11-9-19(18-26-22)10-12-23(29)28-15-13-25(14-16-28)17-21(27-30-25)20-7-5-4-6-8-20/h4-12,18H,13-17H2,1-3H3. The lowest BCUT2D eigenvalue weighted by Gasteiger charge is -2.36. The topological polar surface area (TPSA) is 54.8 Å². The van der Waals surface area contributed by atoms with Gasteiger partial charge >= 0.3 is 0 Å². The van der Waals surface area contributed by atoms with Crippen molar-refractivity contribution in [2.24, 2.45) is 5.16 Å². The molecule has 1 aromatic carbocycles. The fourth-order valence-electron chi connectivity index (χ4n) is 3.93. The lowest BCUT2D eigenvalue weighted by molar-refractivity contribution is -0.131. The lowest BCUT2D eigenvalue weighted by Crippen LogP contribution is -2.46.